The van der Waals surface area contributed by atoms with Crippen molar-refractivity contribution < 1.29 is 14.3 Å². The summed E-state index contributed by atoms with van der Waals surface area (Å²) in [4.78, 5) is 24.3. The van der Waals surface area contributed by atoms with E-state index in [1.165, 1.54) is 12.8 Å². The molecule has 3 rings (SSSR count). The highest BCUT2D eigenvalue weighted by atomic mass is 16.5. The van der Waals surface area contributed by atoms with Gasteiger partial charge in [-0.3, -0.25) is 9.59 Å². The molecule has 1 fully saturated rings. The van der Waals surface area contributed by atoms with E-state index < -0.39 is 6.10 Å². The monoisotopic (exact) mass is 287 g/mol. The molecular weight excluding hydrogens is 266 g/mol. The highest BCUT2D eigenvalue weighted by Crippen LogP contribution is 2.33. The van der Waals surface area contributed by atoms with Gasteiger partial charge in [-0.2, -0.15) is 0 Å². The first-order valence-electron chi connectivity index (χ1n) is 7.81. The van der Waals surface area contributed by atoms with Crippen LogP contribution < -0.4 is 10.1 Å². The maximum absolute atomic E-state index is 12.6. The molecule has 1 atom stereocenters. The third-order valence-corrected chi connectivity index (χ3v) is 4.42. The Morgan fingerprint density at radius 2 is 1.90 bits per heavy atom. The van der Waals surface area contributed by atoms with Crippen LogP contribution in [0.4, 0.5) is 5.69 Å². The van der Waals surface area contributed by atoms with E-state index in [4.69, 9.17) is 4.74 Å². The molecule has 1 heterocycles. The second-order valence-electron chi connectivity index (χ2n) is 6.01. The zero-order valence-electron chi connectivity index (χ0n) is 12.4. The molecular formula is C17H21NO3. The lowest BCUT2D eigenvalue weighted by Gasteiger charge is -2.24. The van der Waals surface area contributed by atoms with E-state index in [2.05, 4.69) is 5.32 Å². The van der Waals surface area contributed by atoms with Crippen LogP contribution in [0.3, 0.4) is 0 Å². The average molecular weight is 287 g/mol. The highest BCUT2D eigenvalue weighted by molar-refractivity contribution is 6.02. The Bertz CT molecular complexity index is 559. The lowest BCUT2D eigenvalue weighted by atomic mass is 9.91. The van der Waals surface area contributed by atoms with Crippen molar-refractivity contribution in [3.63, 3.8) is 0 Å². The number of fused-ring (bicyclic) bond motifs is 1. The minimum Gasteiger partial charge on any atom is -0.479 e. The Labute approximate surface area is 124 Å². The fraction of sp³-hybridized carbons (Fsp3) is 0.529. The first-order valence-corrected chi connectivity index (χ1v) is 7.81. The summed E-state index contributed by atoms with van der Waals surface area (Å²) in [6, 6.07) is 5.36. The molecule has 0 spiro atoms. The lowest BCUT2D eigenvalue weighted by molar-refractivity contribution is -0.122. The maximum Gasteiger partial charge on any atom is 0.265 e. The molecule has 112 valence electrons. The molecule has 0 bridgehead atoms. The number of ether oxygens (including phenoxy) is 1. The minimum absolute atomic E-state index is 0.129. The fourth-order valence-electron chi connectivity index (χ4n) is 3.14. The molecule has 1 aliphatic heterocycles. The third kappa shape index (κ3) is 2.94. The van der Waals surface area contributed by atoms with Gasteiger partial charge in [0, 0.05) is 11.5 Å². The molecule has 1 aromatic carbocycles. The molecule has 0 saturated heterocycles. The number of hydrogen-bond acceptors (Lipinski definition) is 3. The first kappa shape index (κ1) is 14.1. The second kappa shape index (κ2) is 5.88. The summed E-state index contributed by atoms with van der Waals surface area (Å²) < 4.78 is 5.52. The van der Waals surface area contributed by atoms with E-state index in [1.54, 1.807) is 19.1 Å². The Balaban J connectivity index is 1.81. The van der Waals surface area contributed by atoms with Gasteiger partial charge in [0.25, 0.3) is 5.91 Å². The van der Waals surface area contributed by atoms with Crippen molar-refractivity contribution in [3.8, 4) is 5.75 Å². The Morgan fingerprint density at radius 1 is 1.19 bits per heavy atom. The summed E-state index contributed by atoms with van der Waals surface area (Å²) >= 11 is 0. The van der Waals surface area contributed by atoms with Crippen LogP contribution in [0.15, 0.2) is 18.2 Å². The van der Waals surface area contributed by atoms with E-state index >= 15 is 0 Å². The van der Waals surface area contributed by atoms with Gasteiger partial charge in [0.05, 0.1) is 5.69 Å². The van der Waals surface area contributed by atoms with Gasteiger partial charge >= 0.3 is 0 Å². The Morgan fingerprint density at radius 3 is 2.62 bits per heavy atom. The molecule has 0 radical (unpaired) electrons. The van der Waals surface area contributed by atoms with Crippen molar-refractivity contribution in [1.29, 1.82) is 0 Å². The number of carbonyl (C=O) groups is 2. The van der Waals surface area contributed by atoms with E-state index in [-0.39, 0.29) is 17.6 Å². The van der Waals surface area contributed by atoms with Crippen LogP contribution in [0.2, 0.25) is 0 Å². The van der Waals surface area contributed by atoms with Crippen LogP contribution >= 0.6 is 0 Å². The summed E-state index contributed by atoms with van der Waals surface area (Å²) in [5.41, 5.74) is 1.29. The fourth-order valence-corrected chi connectivity index (χ4v) is 3.14. The number of Topliss-reactive ketones (excluding diaryl/α,β-unsaturated/α-hetero) is 1. The molecule has 21 heavy (non-hydrogen) atoms. The summed E-state index contributed by atoms with van der Waals surface area (Å²) in [5.74, 6) is 0.804. The lowest BCUT2D eigenvalue weighted by Crippen LogP contribution is -2.34. The van der Waals surface area contributed by atoms with Gasteiger partial charge in [0.2, 0.25) is 0 Å². The molecule has 1 amide bonds. The number of amides is 1. The molecule has 1 aliphatic carbocycles. The predicted octanol–water partition coefficient (Wildman–Crippen LogP) is 3.56. The molecule has 4 nitrogen and oxygen atoms in total. The number of anilines is 1. The molecule has 1 N–H and O–H groups in total. The van der Waals surface area contributed by atoms with Crippen molar-refractivity contribution in [1.82, 2.24) is 0 Å². The van der Waals surface area contributed by atoms with Crippen molar-refractivity contribution in [2.45, 2.75) is 51.6 Å². The number of ketones is 1. The topological polar surface area (TPSA) is 55.4 Å². The maximum atomic E-state index is 12.6. The minimum atomic E-state index is -0.485. The molecule has 1 saturated carbocycles. The standard InChI is InChI=1S/C17H21NO3/c1-11-17(20)18-14-10-13(8-9-15(14)21-11)16(19)12-6-4-2-3-5-7-12/h8-12H,2-7H2,1H3,(H,18,20). The van der Waals surface area contributed by atoms with Gasteiger partial charge < -0.3 is 10.1 Å². The van der Waals surface area contributed by atoms with Gasteiger partial charge in [-0.25, -0.2) is 0 Å². The third-order valence-electron chi connectivity index (χ3n) is 4.42. The van der Waals surface area contributed by atoms with Crippen LogP contribution in [-0.4, -0.2) is 17.8 Å². The van der Waals surface area contributed by atoms with E-state index in [0.717, 1.165) is 25.7 Å². The van der Waals surface area contributed by atoms with E-state index in [0.29, 0.717) is 17.0 Å². The molecule has 1 aromatic rings. The Hall–Kier alpha value is -1.84. The molecule has 0 aromatic heterocycles. The summed E-state index contributed by atoms with van der Waals surface area (Å²) in [7, 11) is 0. The van der Waals surface area contributed by atoms with Crippen LogP contribution in [0.1, 0.15) is 55.8 Å². The molecule has 2 aliphatic rings. The van der Waals surface area contributed by atoms with E-state index in [9.17, 15) is 9.59 Å². The van der Waals surface area contributed by atoms with Gasteiger partial charge in [0.1, 0.15) is 5.75 Å². The number of rotatable bonds is 2. The number of carbonyl (C=O) groups excluding carboxylic acids is 2. The van der Waals surface area contributed by atoms with Gasteiger partial charge in [-0.1, -0.05) is 25.7 Å². The van der Waals surface area contributed by atoms with Crippen molar-refractivity contribution in [2.24, 2.45) is 5.92 Å². The smallest absolute Gasteiger partial charge is 0.265 e. The van der Waals surface area contributed by atoms with Gasteiger partial charge in [-0.15, -0.1) is 0 Å². The number of benzene rings is 1. The SMILES string of the molecule is CC1Oc2ccc(C(=O)C3CCCCCC3)cc2NC1=O. The normalized spacial score (nSPS) is 22.7. The average Bonchev–Trinajstić information content (AvgIpc) is 2.76. The van der Waals surface area contributed by atoms with Crippen LogP contribution in [0.25, 0.3) is 0 Å². The van der Waals surface area contributed by atoms with Gasteiger partial charge in [-0.05, 0) is 38.0 Å². The Kier molecular flexibility index (Phi) is 3.95. The quantitative estimate of drug-likeness (QED) is 0.668. The summed E-state index contributed by atoms with van der Waals surface area (Å²) in [5, 5.41) is 2.80. The molecule has 1 unspecified atom stereocenters. The second-order valence-corrected chi connectivity index (χ2v) is 6.01. The van der Waals surface area contributed by atoms with Crippen LogP contribution in [-0.2, 0) is 4.79 Å². The zero-order valence-corrected chi connectivity index (χ0v) is 12.4. The first-order chi connectivity index (χ1) is 10.1. The largest absolute Gasteiger partial charge is 0.479 e. The van der Waals surface area contributed by atoms with Crippen LogP contribution in [0, 0.1) is 5.92 Å². The van der Waals surface area contributed by atoms with Crippen LogP contribution in [0.5, 0.6) is 5.75 Å². The van der Waals surface area contributed by atoms with Crippen molar-refractivity contribution >= 4 is 17.4 Å². The van der Waals surface area contributed by atoms with Crippen molar-refractivity contribution in [2.75, 3.05) is 5.32 Å². The summed E-state index contributed by atoms with van der Waals surface area (Å²) in [6.07, 6.45) is 6.22. The highest BCUT2D eigenvalue weighted by Gasteiger charge is 2.26. The number of hydrogen-bond donors (Lipinski definition) is 1. The predicted molar refractivity (Wildman–Crippen MR) is 80.7 cm³/mol. The zero-order chi connectivity index (χ0) is 14.8. The number of nitrogens with one attached hydrogen (secondary N) is 1. The summed E-state index contributed by atoms with van der Waals surface area (Å²) in [6.45, 7) is 1.71. The van der Waals surface area contributed by atoms with E-state index in [1.807, 2.05) is 6.07 Å². The van der Waals surface area contributed by atoms with Gasteiger partial charge in [0.15, 0.2) is 11.9 Å². The van der Waals surface area contributed by atoms with Crippen molar-refractivity contribution in [3.05, 3.63) is 23.8 Å². The molecule has 4 heteroatoms.